The van der Waals surface area contributed by atoms with E-state index in [0.29, 0.717) is 22.4 Å². The zero-order valence-corrected chi connectivity index (χ0v) is 26.6. The van der Waals surface area contributed by atoms with Gasteiger partial charge in [0.1, 0.15) is 17.5 Å². The zero-order valence-electron chi connectivity index (χ0n) is 25.0. The van der Waals surface area contributed by atoms with Crippen molar-refractivity contribution in [1.82, 2.24) is 29.3 Å². The number of nitrogens with one attached hydrogen (secondary N) is 1. The Morgan fingerprint density at radius 2 is 1.65 bits per heavy atom. The first-order valence-corrected chi connectivity index (χ1v) is 16.2. The van der Waals surface area contributed by atoms with Gasteiger partial charge in [0.2, 0.25) is 10.0 Å². The maximum absolute atomic E-state index is 14.4. The van der Waals surface area contributed by atoms with E-state index < -0.39 is 33.3 Å². The maximum atomic E-state index is 14.4. The molecule has 0 aliphatic heterocycles. The minimum atomic E-state index is -3.74. The van der Waals surface area contributed by atoms with Crippen LogP contribution in [-0.4, -0.2) is 44.0 Å². The molecular formula is C31H27ClF2N8O3S. The van der Waals surface area contributed by atoms with Crippen molar-refractivity contribution in [1.29, 1.82) is 0 Å². The van der Waals surface area contributed by atoms with Crippen LogP contribution in [-0.2, 0) is 23.5 Å². The van der Waals surface area contributed by atoms with E-state index >= 15 is 0 Å². The summed E-state index contributed by atoms with van der Waals surface area (Å²) in [6, 6.07) is 12.0. The molecule has 3 heterocycles. The van der Waals surface area contributed by atoms with Crippen LogP contribution in [0.15, 0.2) is 59.4 Å². The van der Waals surface area contributed by atoms with Gasteiger partial charge in [-0.2, -0.15) is 5.10 Å². The van der Waals surface area contributed by atoms with Gasteiger partial charge in [0, 0.05) is 30.1 Å². The van der Waals surface area contributed by atoms with Gasteiger partial charge in [-0.05, 0) is 68.3 Å². The van der Waals surface area contributed by atoms with E-state index in [1.165, 1.54) is 15.3 Å². The van der Waals surface area contributed by atoms with Crippen molar-refractivity contribution in [3.8, 4) is 17.1 Å². The molecule has 3 aromatic carbocycles. The normalized spacial score (nSPS) is 12.6. The van der Waals surface area contributed by atoms with Gasteiger partial charge in [-0.25, -0.2) is 32.2 Å². The van der Waals surface area contributed by atoms with E-state index in [-0.39, 0.29) is 45.1 Å². The Kier molecular flexibility index (Phi) is 7.82. The average molecular weight is 665 g/mol. The molecule has 0 spiro atoms. The maximum Gasteiger partial charge on any atom is 0.266 e. The first kappa shape index (κ1) is 31.2. The lowest BCUT2D eigenvalue weighted by atomic mass is 10.0. The first-order chi connectivity index (χ1) is 21.7. The van der Waals surface area contributed by atoms with Crippen molar-refractivity contribution in [2.75, 3.05) is 11.0 Å². The predicted molar refractivity (Wildman–Crippen MR) is 173 cm³/mol. The number of aryl methyl sites for hydroxylation is 3. The van der Waals surface area contributed by atoms with Gasteiger partial charge in [0.05, 0.1) is 44.8 Å². The van der Waals surface area contributed by atoms with Gasteiger partial charge in [0.15, 0.2) is 11.6 Å². The number of fused-ring (bicyclic) bond motifs is 2. The van der Waals surface area contributed by atoms with Gasteiger partial charge >= 0.3 is 0 Å². The number of rotatable bonds is 7. The van der Waals surface area contributed by atoms with E-state index in [4.69, 9.17) is 22.3 Å². The fraction of sp³-hybridized carbons (Fsp3) is 0.194. The van der Waals surface area contributed by atoms with E-state index in [0.717, 1.165) is 35.8 Å². The van der Waals surface area contributed by atoms with Gasteiger partial charge in [-0.1, -0.05) is 17.7 Å². The minimum absolute atomic E-state index is 0.0344. The van der Waals surface area contributed by atoms with Crippen molar-refractivity contribution in [3.63, 3.8) is 0 Å². The molecule has 0 bridgehead atoms. The highest BCUT2D eigenvalue weighted by Gasteiger charge is 2.25. The number of anilines is 1. The number of nitrogens with two attached hydrogens (primary N) is 1. The summed E-state index contributed by atoms with van der Waals surface area (Å²) in [5.74, 6) is -1.06. The highest BCUT2D eigenvalue weighted by atomic mass is 35.5. The van der Waals surface area contributed by atoms with Crippen molar-refractivity contribution in [2.45, 2.75) is 26.3 Å². The number of hydrogen-bond acceptors (Lipinski definition) is 8. The molecule has 1 atom stereocenters. The zero-order chi connectivity index (χ0) is 33.1. The molecule has 15 heteroatoms. The molecule has 0 saturated carbocycles. The first-order valence-electron chi connectivity index (χ1n) is 13.9. The largest absolute Gasteiger partial charge is 0.321 e. The van der Waals surface area contributed by atoms with Gasteiger partial charge in [-0.15, -0.1) is 0 Å². The summed E-state index contributed by atoms with van der Waals surface area (Å²) in [5, 5.41) is 4.97. The van der Waals surface area contributed by atoms with Gasteiger partial charge < -0.3 is 5.73 Å². The molecule has 0 aliphatic rings. The Morgan fingerprint density at radius 3 is 2.30 bits per heavy atom. The molecule has 6 aromatic rings. The number of halogens is 3. The molecule has 0 saturated heterocycles. The number of aromatic nitrogens is 6. The summed E-state index contributed by atoms with van der Waals surface area (Å²) in [4.78, 5) is 28.3. The SMILES string of the molecule is Cc1cc(C)nc(-c2ccc3c(=O)n(-c4ccc(Cl)c5c(NS(C)(=O)=O)nn(C)c45)c(C(N)Cc4cc(F)cc(F)c4)nc3c2)n1. The van der Waals surface area contributed by atoms with Crippen molar-refractivity contribution < 1.29 is 17.2 Å². The second-order valence-corrected chi connectivity index (χ2v) is 13.2. The van der Waals surface area contributed by atoms with Crippen LogP contribution in [0.3, 0.4) is 0 Å². The van der Waals surface area contributed by atoms with Crippen molar-refractivity contribution >= 4 is 49.2 Å². The third-order valence-electron chi connectivity index (χ3n) is 7.28. The summed E-state index contributed by atoms with van der Waals surface area (Å²) in [7, 11) is -2.17. The topological polar surface area (TPSA) is 151 Å². The van der Waals surface area contributed by atoms with E-state index in [9.17, 15) is 22.0 Å². The smallest absolute Gasteiger partial charge is 0.266 e. The quantitative estimate of drug-likeness (QED) is 0.245. The van der Waals surface area contributed by atoms with Crippen molar-refractivity contribution in [3.05, 3.63) is 104 Å². The lowest BCUT2D eigenvalue weighted by molar-refractivity contribution is 0.572. The van der Waals surface area contributed by atoms with Crippen LogP contribution in [0, 0.1) is 25.5 Å². The molecule has 0 radical (unpaired) electrons. The van der Waals surface area contributed by atoms with E-state index in [2.05, 4.69) is 19.8 Å². The summed E-state index contributed by atoms with van der Waals surface area (Å²) in [5.41, 5.74) is 9.45. The molecule has 236 valence electrons. The molecule has 11 nitrogen and oxygen atoms in total. The number of nitrogens with zero attached hydrogens (tertiary/aromatic N) is 6. The van der Waals surface area contributed by atoms with Crippen LogP contribution in [0.25, 0.3) is 38.9 Å². The Labute approximate surface area is 266 Å². The fourth-order valence-corrected chi connectivity index (χ4v) is 6.27. The van der Waals surface area contributed by atoms with Crippen LogP contribution in [0.5, 0.6) is 0 Å². The van der Waals surface area contributed by atoms with Crippen LogP contribution in [0.2, 0.25) is 5.02 Å². The van der Waals surface area contributed by atoms with Crippen LogP contribution >= 0.6 is 11.6 Å². The molecule has 46 heavy (non-hydrogen) atoms. The molecular weight excluding hydrogens is 638 g/mol. The molecule has 0 fully saturated rings. The Morgan fingerprint density at radius 1 is 0.978 bits per heavy atom. The van der Waals surface area contributed by atoms with Crippen LogP contribution in [0.1, 0.15) is 28.8 Å². The average Bonchev–Trinajstić information content (AvgIpc) is 3.27. The summed E-state index contributed by atoms with van der Waals surface area (Å²) < 4.78 is 57.5. The Bertz CT molecular complexity index is 2340. The fourth-order valence-electron chi connectivity index (χ4n) is 5.54. The summed E-state index contributed by atoms with van der Waals surface area (Å²) >= 11 is 6.54. The monoisotopic (exact) mass is 664 g/mol. The highest BCUT2D eigenvalue weighted by molar-refractivity contribution is 7.92. The Hall–Kier alpha value is -4.79. The lowest BCUT2D eigenvalue weighted by Crippen LogP contribution is -2.30. The lowest BCUT2D eigenvalue weighted by Gasteiger charge is -2.20. The highest BCUT2D eigenvalue weighted by Crippen LogP contribution is 2.35. The molecule has 1 unspecified atom stereocenters. The molecule has 3 N–H and O–H groups in total. The minimum Gasteiger partial charge on any atom is -0.321 e. The Balaban J connectivity index is 1.63. The predicted octanol–water partition coefficient (Wildman–Crippen LogP) is 4.89. The molecule has 3 aromatic heterocycles. The van der Waals surface area contributed by atoms with Gasteiger partial charge in [0.25, 0.3) is 5.56 Å². The van der Waals surface area contributed by atoms with Crippen LogP contribution in [0.4, 0.5) is 14.6 Å². The number of benzene rings is 3. The molecule has 6 rings (SSSR count). The van der Waals surface area contributed by atoms with E-state index in [1.807, 2.05) is 19.9 Å². The van der Waals surface area contributed by atoms with Gasteiger partial charge in [-0.3, -0.25) is 18.8 Å². The second kappa shape index (κ2) is 11.5. The second-order valence-electron chi connectivity index (χ2n) is 11.0. The van der Waals surface area contributed by atoms with Crippen LogP contribution < -0.4 is 16.0 Å². The standard InChI is InChI=1S/C31H27ClF2N8O3S/c1-15-9-16(2)37-28(36-15)18-5-6-21-24(13-18)38-30(23(35)12-17-10-19(33)14-20(34)11-17)42(31(21)43)25-8-7-22(32)26-27(25)41(3)39-29(26)40-46(4,44)45/h5-11,13-14,23H,12,35H2,1-4H3,(H,39,40). The van der Waals surface area contributed by atoms with E-state index in [1.54, 1.807) is 31.3 Å². The third kappa shape index (κ3) is 5.94. The number of hydrogen-bond donors (Lipinski definition) is 2. The van der Waals surface area contributed by atoms with Crippen molar-refractivity contribution in [2.24, 2.45) is 12.8 Å². The molecule has 0 aliphatic carbocycles. The summed E-state index contributed by atoms with van der Waals surface area (Å²) in [6.07, 6.45) is 0.905. The molecule has 0 amide bonds. The summed E-state index contributed by atoms with van der Waals surface area (Å²) in [6.45, 7) is 3.70. The third-order valence-corrected chi connectivity index (χ3v) is 8.16. The number of sulfonamides is 1.